The third kappa shape index (κ3) is 4.59. The molecule has 0 bridgehead atoms. The van der Waals surface area contributed by atoms with Gasteiger partial charge in [-0.2, -0.15) is 5.10 Å². The Kier molecular flexibility index (Phi) is 5.60. The molecule has 1 atom stereocenters. The molecule has 22 heavy (non-hydrogen) atoms. The van der Waals surface area contributed by atoms with Gasteiger partial charge in [-0.1, -0.05) is 31.5 Å². The minimum absolute atomic E-state index is 0.00766. The Labute approximate surface area is 135 Å². The number of benzene rings is 1. The van der Waals surface area contributed by atoms with Gasteiger partial charge in [0.2, 0.25) is 5.91 Å². The van der Waals surface area contributed by atoms with E-state index in [-0.39, 0.29) is 17.9 Å². The van der Waals surface area contributed by atoms with E-state index in [2.05, 4.69) is 20.5 Å². The number of hydrogen-bond acceptors (Lipinski definition) is 4. The lowest BCUT2D eigenvalue weighted by atomic mass is 10.0. The highest BCUT2D eigenvalue weighted by Gasteiger charge is 2.22. The van der Waals surface area contributed by atoms with Gasteiger partial charge in [0, 0.05) is 4.90 Å². The van der Waals surface area contributed by atoms with Crippen LogP contribution in [-0.2, 0) is 4.79 Å². The number of thioether (sulfide) groups is 1. The fraction of sp³-hybridized carbons (Fsp3) is 0.438. The highest BCUT2D eigenvalue weighted by atomic mass is 32.2. The summed E-state index contributed by atoms with van der Waals surface area (Å²) in [6.07, 6.45) is 0. The van der Waals surface area contributed by atoms with Crippen molar-refractivity contribution in [2.75, 3.05) is 5.75 Å². The number of aryl methyl sites for hydroxylation is 2. The molecule has 0 aliphatic heterocycles. The molecule has 1 aromatic carbocycles. The molecule has 0 aliphatic rings. The van der Waals surface area contributed by atoms with E-state index in [1.54, 1.807) is 0 Å². The predicted octanol–water partition coefficient (Wildman–Crippen LogP) is 3.03. The smallest absolute Gasteiger partial charge is 0.230 e. The lowest BCUT2D eigenvalue weighted by Gasteiger charge is -2.19. The summed E-state index contributed by atoms with van der Waals surface area (Å²) < 4.78 is 0. The van der Waals surface area contributed by atoms with Crippen LogP contribution in [-0.4, -0.2) is 26.8 Å². The molecular formula is C16H22N4OS. The van der Waals surface area contributed by atoms with Gasteiger partial charge in [-0.3, -0.25) is 9.89 Å². The van der Waals surface area contributed by atoms with Crippen LogP contribution in [0.5, 0.6) is 0 Å². The van der Waals surface area contributed by atoms with Crippen LogP contribution in [0.4, 0.5) is 0 Å². The van der Waals surface area contributed by atoms with E-state index in [1.807, 2.05) is 52.0 Å². The normalized spacial score (nSPS) is 12.4. The topological polar surface area (TPSA) is 70.7 Å². The molecule has 2 N–H and O–H groups in total. The zero-order valence-electron chi connectivity index (χ0n) is 13.4. The molecule has 0 spiro atoms. The second-order valence-electron chi connectivity index (χ2n) is 5.67. The average Bonchev–Trinajstić information content (AvgIpc) is 2.90. The van der Waals surface area contributed by atoms with E-state index in [1.165, 1.54) is 17.3 Å². The molecule has 2 aromatic rings. The molecule has 2 rings (SSSR count). The molecule has 0 saturated heterocycles. The van der Waals surface area contributed by atoms with Crippen LogP contribution in [0.3, 0.4) is 0 Å². The number of nitrogens with one attached hydrogen (secondary N) is 2. The SMILES string of the molecule is Cc1ccc(SCC(=O)NC(c2n[nH]c(C)n2)C(C)C)cc1. The zero-order chi connectivity index (χ0) is 16.1. The van der Waals surface area contributed by atoms with E-state index in [4.69, 9.17) is 0 Å². The predicted molar refractivity (Wildman–Crippen MR) is 88.7 cm³/mol. The Hall–Kier alpha value is -1.82. The summed E-state index contributed by atoms with van der Waals surface area (Å²) in [6, 6.07) is 8.00. The van der Waals surface area contributed by atoms with Gasteiger partial charge in [-0.15, -0.1) is 11.8 Å². The van der Waals surface area contributed by atoms with E-state index < -0.39 is 0 Å². The summed E-state index contributed by atoms with van der Waals surface area (Å²) in [4.78, 5) is 17.6. The maximum absolute atomic E-state index is 12.2. The van der Waals surface area contributed by atoms with Crippen LogP contribution in [0.1, 0.15) is 37.1 Å². The highest BCUT2D eigenvalue weighted by molar-refractivity contribution is 8.00. The quantitative estimate of drug-likeness (QED) is 0.803. The molecule has 0 saturated carbocycles. The van der Waals surface area contributed by atoms with Crippen LogP contribution in [0.15, 0.2) is 29.2 Å². The number of aromatic nitrogens is 3. The van der Waals surface area contributed by atoms with Gasteiger partial charge in [0.05, 0.1) is 11.8 Å². The Morgan fingerprint density at radius 1 is 1.27 bits per heavy atom. The van der Waals surface area contributed by atoms with Gasteiger partial charge < -0.3 is 5.32 Å². The highest BCUT2D eigenvalue weighted by Crippen LogP contribution is 2.21. The van der Waals surface area contributed by atoms with Crippen molar-refractivity contribution < 1.29 is 4.79 Å². The third-order valence-corrected chi connectivity index (χ3v) is 4.28. The third-order valence-electron chi connectivity index (χ3n) is 3.27. The number of carbonyl (C=O) groups excluding carboxylic acids is 1. The summed E-state index contributed by atoms with van der Waals surface area (Å²) in [7, 11) is 0. The largest absolute Gasteiger partial charge is 0.345 e. The number of carbonyl (C=O) groups is 1. The minimum atomic E-state index is -0.170. The Morgan fingerprint density at radius 2 is 1.95 bits per heavy atom. The number of amides is 1. The van der Waals surface area contributed by atoms with Crippen molar-refractivity contribution in [1.29, 1.82) is 0 Å². The van der Waals surface area contributed by atoms with E-state index in [9.17, 15) is 4.79 Å². The number of nitrogens with zero attached hydrogens (tertiary/aromatic N) is 2. The van der Waals surface area contributed by atoms with Gasteiger partial charge in [0.1, 0.15) is 5.82 Å². The lowest BCUT2D eigenvalue weighted by molar-refractivity contribution is -0.119. The molecular weight excluding hydrogens is 296 g/mol. The summed E-state index contributed by atoms with van der Waals surface area (Å²) in [5.74, 6) is 2.00. The zero-order valence-corrected chi connectivity index (χ0v) is 14.2. The van der Waals surface area contributed by atoms with Gasteiger partial charge >= 0.3 is 0 Å². The first-order valence-corrected chi connectivity index (χ1v) is 8.32. The maximum Gasteiger partial charge on any atom is 0.230 e. The van der Waals surface area contributed by atoms with Crippen molar-refractivity contribution in [2.45, 2.75) is 38.6 Å². The first kappa shape index (κ1) is 16.5. The van der Waals surface area contributed by atoms with Crippen molar-refractivity contribution >= 4 is 17.7 Å². The first-order valence-electron chi connectivity index (χ1n) is 7.33. The van der Waals surface area contributed by atoms with Crippen LogP contribution < -0.4 is 5.32 Å². The molecule has 118 valence electrons. The van der Waals surface area contributed by atoms with Gasteiger partial charge in [0.25, 0.3) is 0 Å². The molecule has 1 unspecified atom stereocenters. The number of H-pyrrole nitrogens is 1. The number of rotatable bonds is 6. The van der Waals surface area contributed by atoms with Crippen molar-refractivity contribution in [3.05, 3.63) is 41.5 Å². The van der Waals surface area contributed by atoms with Crippen LogP contribution >= 0.6 is 11.8 Å². The lowest BCUT2D eigenvalue weighted by Crippen LogP contribution is -2.33. The molecule has 5 nitrogen and oxygen atoms in total. The monoisotopic (exact) mass is 318 g/mol. The molecule has 1 amide bonds. The maximum atomic E-state index is 12.2. The Balaban J connectivity index is 1.92. The summed E-state index contributed by atoms with van der Waals surface area (Å²) in [5, 5.41) is 10.0. The second kappa shape index (κ2) is 7.45. The number of hydrogen-bond donors (Lipinski definition) is 2. The first-order chi connectivity index (χ1) is 10.5. The Bertz CT molecular complexity index is 621. The van der Waals surface area contributed by atoms with Crippen LogP contribution in [0, 0.1) is 19.8 Å². The van der Waals surface area contributed by atoms with Gasteiger partial charge in [-0.05, 0) is 31.9 Å². The molecule has 6 heteroatoms. The fourth-order valence-corrected chi connectivity index (χ4v) is 2.74. The minimum Gasteiger partial charge on any atom is -0.345 e. The molecule has 0 radical (unpaired) electrons. The molecule has 0 aliphatic carbocycles. The summed E-state index contributed by atoms with van der Waals surface area (Å²) in [5.41, 5.74) is 1.22. The Morgan fingerprint density at radius 3 is 2.50 bits per heavy atom. The van der Waals surface area contributed by atoms with Crippen molar-refractivity contribution in [3.63, 3.8) is 0 Å². The van der Waals surface area contributed by atoms with Crippen LogP contribution in [0.2, 0.25) is 0 Å². The standard InChI is InChI=1S/C16H22N4OS/c1-10(2)15(16-17-12(4)19-20-16)18-14(21)9-22-13-7-5-11(3)6-8-13/h5-8,10,15H,9H2,1-4H3,(H,18,21)(H,17,19,20). The van der Waals surface area contributed by atoms with Crippen LogP contribution in [0.25, 0.3) is 0 Å². The van der Waals surface area contributed by atoms with Gasteiger partial charge in [0.15, 0.2) is 5.82 Å². The fourth-order valence-electron chi connectivity index (χ4n) is 2.03. The van der Waals surface area contributed by atoms with E-state index in [0.717, 1.165) is 10.7 Å². The van der Waals surface area contributed by atoms with Crippen molar-refractivity contribution in [3.8, 4) is 0 Å². The van der Waals surface area contributed by atoms with E-state index in [0.29, 0.717) is 11.6 Å². The summed E-state index contributed by atoms with van der Waals surface area (Å²) >= 11 is 1.53. The molecule has 1 heterocycles. The van der Waals surface area contributed by atoms with E-state index >= 15 is 0 Å². The number of aromatic amines is 1. The second-order valence-corrected chi connectivity index (χ2v) is 6.72. The molecule has 1 aromatic heterocycles. The molecule has 0 fully saturated rings. The summed E-state index contributed by atoms with van der Waals surface area (Å²) in [6.45, 7) is 7.99. The van der Waals surface area contributed by atoms with Crippen molar-refractivity contribution in [1.82, 2.24) is 20.5 Å². The average molecular weight is 318 g/mol. The van der Waals surface area contributed by atoms with Crippen molar-refractivity contribution in [2.24, 2.45) is 5.92 Å². The van der Waals surface area contributed by atoms with Gasteiger partial charge in [-0.25, -0.2) is 4.98 Å².